The van der Waals surface area contributed by atoms with Crippen molar-refractivity contribution in [2.24, 2.45) is 4.99 Å². The fourth-order valence-electron chi connectivity index (χ4n) is 3.95. The number of amides is 1. The minimum Gasteiger partial charge on any atom is -0.459 e. The highest BCUT2D eigenvalue weighted by atomic mass is 32.2. The predicted octanol–water partition coefficient (Wildman–Crippen LogP) is 3.44. The van der Waals surface area contributed by atoms with Gasteiger partial charge in [-0.05, 0) is 44.7 Å². The van der Waals surface area contributed by atoms with E-state index in [4.69, 9.17) is 9.73 Å². The smallest absolute Gasteiger partial charge is 0.338 e. The van der Waals surface area contributed by atoms with E-state index in [1.54, 1.807) is 11.3 Å². The summed E-state index contributed by atoms with van der Waals surface area (Å²) in [4.78, 5) is 38.0. The first kappa shape index (κ1) is 22.1. The van der Waals surface area contributed by atoms with Gasteiger partial charge in [0, 0.05) is 36.8 Å². The van der Waals surface area contributed by atoms with Crippen LogP contribution < -0.4 is 0 Å². The van der Waals surface area contributed by atoms with E-state index in [9.17, 15) is 9.59 Å². The van der Waals surface area contributed by atoms with E-state index in [1.165, 1.54) is 11.8 Å². The van der Waals surface area contributed by atoms with Gasteiger partial charge in [-0.25, -0.2) is 9.79 Å². The maximum absolute atomic E-state index is 13.0. The number of thioether (sulfide) groups is 1. The summed E-state index contributed by atoms with van der Waals surface area (Å²) in [6.45, 7) is 8.82. The van der Waals surface area contributed by atoms with Gasteiger partial charge in [0.05, 0.1) is 23.8 Å². The van der Waals surface area contributed by atoms with E-state index in [0.717, 1.165) is 41.9 Å². The van der Waals surface area contributed by atoms with Crippen molar-refractivity contribution in [1.82, 2.24) is 14.7 Å². The van der Waals surface area contributed by atoms with E-state index >= 15 is 0 Å². The molecule has 4 heterocycles. The first-order valence-electron chi connectivity index (χ1n) is 10.5. The van der Waals surface area contributed by atoms with Gasteiger partial charge in [-0.15, -0.1) is 11.3 Å². The molecule has 0 saturated carbocycles. The predicted molar refractivity (Wildman–Crippen MR) is 125 cm³/mol. The topological polar surface area (TPSA) is 65.5 Å². The number of piperazine rings is 1. The van der Waals surface area contributed by atoms with Crippen LogP contribution >= 0.6 is 23.1 Å². The van der Waals surface area contributed by atoms with Gasteiger partial charge >= 0.3 is 5.97 Å². The molecule has 3 aliphatic heterocycles. The van der Waals surface area contributed by atoms with Crippen molar-refractivity contribution in [3.05, 3.63) is 44.8 Å². The van der Waals surface area contributed by atoms with Crippen LogP contribution in [0, 0.1) is 0 Å². The van der Waals surface area contributed by atoms with Crippen molar-refractivity contribution in [3.8, 4) is 0 Å². The van der Waals surface area contributed by atoms with E-state index in [0.29, 0.717) is 17.7 Å². The molecule has 7 nitrogen and oxygen atoms in total. The molecule has 1 atom stereocenters. The summed E-state index contributed by atoms with van der Waals surface area (Å²) < 4.78 is 5.56. The molecule has 31 heavy (non-hydrogen) atoms. The van der Waals surface area contributed by atoms with Crippen LogP contribution in [0.15, 0.2) is 44.9 Å². The Hall–Kier alpha value is -2.10. The Morgan fingerprint density at radius 1 is 1.26 bits per heavy atom. The molecule has 1 aromatic rings. The average molecular weight is 461 g/mol. The lowest BCUT2D eigenvalue weighted by molar-refractivity contribution is -0.143. The lowest BCUT2D eigenvalue weighted by atomic mass is 9.99. The normalized spacial score (nSPS) is 21.9. The van der Waals surface area contributed by atoms with Crippen molar-refractivity contribution in [2.75, 3.05) is 33.2 Å². The number of likely N-dealkylation sites (N-methyl/N-ethyl adjacent to an activating group) is 1. The number of allylic oxidation sites excluding steroid dienone is 1. The molecule has 0 radical (unpaired) electrons. The number of rotatable bonds is 5. The molecule has 0 N–H and O–H groups in total. The van der Waals surface area contributed by atoms with E-state index in [1.807, 2.05) is 53.5 Å². The van der Waals surface area contributed by atoms with Crippen molar-refractivity contribution in [3.63, 3.8) is 0 Å². The summed E-state index contributed by atoms with van der Waals surface area (Å²) in [5.41, 5.74) is 2.09. The Morgan fingerprint density at radius 3 is 2.65 bits per heavy atom. The highest BCUT2D eigenvalue weighted by Gasteiger charge is 2.42. The van der Waals surface area contributed by atoms with Gasteiger partial charge in [0.2, 0.25) is 5.91 Å². The van der Waals surface area contributed by atoms with Crippen LogP contribution in [0.3, 0.4) is 0 Å². The summed E-state index contributed by atoms with van der Waals surface area (Å²) >= 11 is 3.10. The summed E-state index contributed by atoms with van der Waals surface area (Å²) in [7, 11) is 2.08. The average Bonchev–Trinajstić information content (AvgIpc) is 3.37. The number of carbonyl (C=O) groups excluding carboxylic acids is 2. The molecule has 1 fully saturated rings. The van der Waals surface area contributed by atoms with Crippen LogP contribution in [0.2, 0.25) is 0 Å². The van der Waals surface area contributed by atoms with E-state index in [2.05, 4.69) is 11.9 Å². The van der Waals surface area contributed by atoms with Crippen LogP contribution in [0.4, 0.5) is 0 Å². The summed E-state index contributed by atoms with van der Waals surface area (Å²) in [6, 6.07) is 3.67. The third kappa shape index (κ3) is 4.58. The first-order valence-corrected chi connectivity index (χ1v) is 12.3. The fourth-order valence-corrected chi connectivity index (χ4v) is 5.73. The molecule has 0 aromatic carbocycles. The van der Waals surface area contributed by atoms with E-state index < -0.39 is 0 Å². The number of amidine groups is 1. The number of nitrogens with zero attached hydrogens (tertiary/aromatic N) is 4. The summed E-state index contributed by atoms with van der Waals surface area (Å²) in [5.74, 6) is -0.237. The van der Waals surface area contributed by atoms with Gasteiger partial charge in [0.15, 0.2) is 5.17 Å². The molecule has 0 bridgehead atoms. The van der Waals surface area contributed by atoms with Crippen LogP contribution in [0.1, 0.15) is 38.1 Å². The molecule has 0 spiro atoms. The summed E-state index contributed by atoms with van der Waals surface area (Å²) in [5, 5.41) is 4.80. The lowest BCUT2D eigenvalue weighted by Gasteiger charge is -2.37. The molecule has 1 aromatic heterocycles. The zero-order valence-electron chi connectivity index (χ0n) is 18.3. The second kappa shape index (κ2) is 9.18. The van der Waals surface area contributed by atoms with Gasteiger partial charge in [-0.2, -0.15) is 0 Å². The van der Waals surface area contributed by atoms with Crippen LogP contribution in [0.5, 0.6) is 0 Å². The maximum atomic E-state index is 13.0. The molecule has 1 saturated heterocycles. The Morgan fingerprint density at radius 2 is 2.00 bits per heavy atom. The van der Waals surface area contributed by atoms with Crippen molar-refractivity contribution in [2.45, 2.75) is 39.3 Å². The molecule has 3 aliphatic rings. The Balaban J connectivity index is 1.62. The zero-order chi connectivity index (χ0) is 22.1. The highest BCUT2D eigenvalue weighted by Crippen LogP contribution is 2.46. The van der Waals surface area contributed by atoms with Gasteiger partial charge in [-0.1, -0.05) is 17.8 Å². The second-order valence-electron chi connectivity index (χ2n) is 8.22. The Kier molecular flexibility index (Phi) is 6.55. The van der Waals surface area contributed by atoms with Gasteiger partial charge < -0.3 is 19.4 Å². The largest absolute Gasteiger partial charge is 0.459 e. The van der Waals surface area contributed by atoms with Gasteiger partial charge in [-0.3, -0.25) is 4.79 Å². The van der Waals surface area contributed by atoms with Gasteiger partial charge in [0.1, 0.15) is 6.04 Å². The zero-order valence-corrected chi connectivity index (χ0v) is 20.0. The number of hydrogen-bond acceptors (Lipinski definition) is 8. The number of ether oxygens (including phenoxy) is 1. The third-order valence-corrected chi connectivity index (χ3v) is 7.38. The van der Waals surface area contributed by atoms with Crippen LogP contribution in [-0.2, 0) is 14.3 Å². The minimum absolute atomic E-state index is 0.115. The Labute approximate surface area is 191 Å². The number of carbonyl (C=O) groups is 2. The maximum Gasteiger partial charge on any atom is 0.338 e. The van der Waals surface area contributed by atoms with E-state index in [-0.39, 0.29) is 24.0 Å². The molecule has 1 amide bonds. The first-order chi connectivity index (χ1) is 14.8. The number of fused-ring (bicyclic) bond motifs is 1. The molecular formula is C22H28N4O3S2. The quantitative estimate of drug-likeness (QED) is 0.627. The van der Waals surface area contributed by atoms with Crippen molar-refractivity contribution in [1.29, 1.82) is 0 Å². The molecule has 1 unspecified atom stereocenters. The molecule has 166 valence electrons. The van der Waals surface area contributed by atoms with Crippen molar-refractivity contribution < 1.29 is 14.3 Å². The summed E-state index contributed by atoms with van der Waals surface area (Å²) in [6.07, 6.45) is 0.0762. The molecule has 0 aliphatic carbocycles. The minimum atomic E-state index is -0.352. The number of hydrogen-bond donors (Lipinski definition) is 0. The monoisotopic (exact) mass is 460 g/mol. The Bertz CT molecular complexity index is 944. The van der Waals surface area contributed by atoms with Crippen LogP contribution in [0.25, 0.3) is 0 Å². The standard InChI is InChI=1S/C22H28N4O3S2/c1-14(2)29-21(28)19-15(3)23-22-26(20(19)17-6-5-11-30-17)16(13-31-22)12-18(27)25-9-7-24(4)8-10-25/h5-6,11,13-14,20H,7-10,12H2,1-4H3. The van der Waals surface area contributed by atoms with Crippen LogP contribution in [-0.4, -0.2) is 71.1 Å². The lowest BCUT2D eigenvalue weighted by Crippen LogP contribution is -2.47. The molecule has 4 rings (SSSR count). The van der Waals surface area contributed by atoms with Gasteiger partial charge in [0.25, 0.3) is 0 Å². The molecule has 9 heteroatoms. The number of esters is 1. The number of thiophene rings is 1. The second-order valence-corrected chi connectivity index (χ2v) is 10.0. The highest BCUT2D eigenvalue weighted by molar-refractivity contribution is 8.16. The molecular weight excluding hydrogens is 432 g/mol. The van der Waals surface area contributed by atoms with Crippen molar-refractivity contribution >= 4 is 40.1 Å². The SMILES string of the molecule is CC1=C(C(=O)OC(C)C)C(c2cccs2)N2C(CC(=O)N3CCN(C)CC3)=CSC2=N1. The fraction of sp³-hybridized carbons (Fsp3) is 0.500. The number of aliphatic imine (C=N–C) groups is 1. The third-order valence-electron chi connectivity index (χ3n) is 5.56.